The molecule has 1 aliphatic heterocycles. The van der Waals surface area contributed by atoms with Gasteiger partial charge in [0.05, 0.1) is 12.8 Å². The van der Waals surface area contributed by atoms with E-state index < -0.39 is 0 Å². The quantitative estimate of drug-likeness (QED) is 0.800. The summed E-state index contributed by atoms with van der Waals surface area (Å²) in [6.45, 7) is 6.15. The second kappa shape index (κ2) is 4.23. The van der Waals surface area contributed by atoms with Crippen LogP contribution < -0.4 is 14.4 Å². The molecule has 0 amide bonds. The fraction of sp³-hybridized carbons (Fsp3) is 0.467. The van der Waals surface area contributed by atoms with Gasteiger partial charge in [-0.05, 0) is 32.9 Å². The van der Waals surface area contributed by atoms with Gasteiger partial charge in [0.1, 0.15) is 17.1 Å². The van der Waals surface area contributed by atoms with E-state index in [9.17, 15) is 0 Å². The number of benzene rings is 1. The van der Waals surface area contributed by atoms with E-state index in [1.54, 1.807) is 7.11 Å². The zero-order valence-electron chi connectivity index (χ0n) is 12.0. The van der Waals surface area contributed by atoms with Gasteiger partial charge in [0.25, 0.3) is 0 Å². The van der Waals surface area contributed by atoms with Gasteiger partial charge in [0.15, 0.2) is 0 Å². The summed E-state index contributed by atoms with van der Waals surface area (Å²) >= 11 is 0. The van der Waals surface area contributed by atoms with E-state index in [-0.39, 0.29) is 5.60 Å². The Kier molecular flexibility index (Phi) is 3.01. The van der Waals surface area contributed by atoms with Gasteiger partial charge in [-0.25, -0.2) is 0 Å². The molecule has 0 aromatic heterocycles. The Morgan fingerprint density at radius 1 is 1.28 bits per heavy atom. The minimum Gasteiger partial charge on any atom is -0.494 e. The van der Waals surface area contributed by atoms with Gasteiger partial charge in [-0.15, -0.1) is 0 Å². The maximum absolute atomic E-state index is 6.04. The SMILES string of the molecule is COc1c(N(C)C)cc2c(c1C)OC(C)(C)C=C2. The first-order valence-corrected chi connectivity index (χ1v) is 6.13. The van der Waals surface area contributed by atoms with Crippen LogP contribution in [0.3, 0.4) is 0 Å². The second-order valence-electron chi connectivity index (χ2n) is 5.41. The van der Waals surface area contributed by atoms with Crippen LogP contribution in [0.4, 0.5) is 5.69 Å². The lowest BCUT2D eigenvalue weighted by molar-refractivity contribution is 0.157. The lowest BCUT2D eigenvalue weighted by Crippen LogP contribution is -2.28. The first-order chi connectivity index (χ1) is 8.35. The molecule has 0 radical (unpaired) electrons. The van der Waals surface area contributed by atoms with Crippen LogP contribution in [0, 0.1) is 6.92 Å². The number of methoxy groups -OCH3 is 1. The first kappa shape index (κ1) is 12.8. The number of ether oxygens (including phenoxy) is 2. The van der Waals surface area contributed by atoms with Crippen LogP contribution in [-0.2, 0) is 0 Å². The Bertz CT molecular complexity index is 502. The molecule has 18 heavy (non-hydrogen) atoms. The van der Waals surface area contributed by atoms with E-state index >= 15 is 0 Å². The standard InChI is InChI=1S/C15H21NO2/c1-10-13-11(7-8-15(2,3)18-13)9-12(16(4)5)14(10)17-6/h7-9H,1-6H3. The fourth-order valence-electron chi connectivity index (χ4n) is 2.23. The van der Waals surface area contributed by atoms with E-state index in [2.05, 4.69) is 37.0 Å². The third-order valence-electron chi connectivity index (χ3n) is 3.18. The highest BCUT2D eigenvalue weighted by molar-refractivity contribution is 5.75. The van der Waals surface area contributed by atoms with Crippen molar-refractivity contribution in [3.63, 3.8) is 0 Å². The van der Waals surface area contributed by atoms with Crippen LogP contribution in [0.15, 0.2) is 12.1 Å². The summed E-state index contributed by atoms with van der Waals surface area (Å²) in [6, 6.07) is 2.10. The molecule has 1 aromatic carbocycles. The fourth-order valence-corrected chi connectivity index (χ4v) is 2.23. The van der Waals surface area contributed by atoms with Crippen LogP contribution in [0.2, 0.25) is 0 Å². The molecule has 0 aliphatic carbocycles. The number of nitrogens with zero attached hydrogens (tertiary/aromatic N) is 1. The largest absolute Gasteiger partial charge is 0.494 e. The molecule has 1 heterocycles. The van der Waals surface area contributed by atoms with Gasteiger partial charge >= 0.3 is 0 Å². The summed E-state index contributed by atoms with van der Waals surface area (Å²) < 4.78 is 11.6. The average Bonchev–Trinajstić information content (AvgIpc) is 2.29. The topological polar surface area (TPSA) is 21.7 Å². The van der Waals surface area contributed by atoms with Crippen molar-refractivity contribution in [2.75, 3.05) is 26.1 Å². The van der Waals surface area contributed by atoms with Gasteiger partial charge in [-0.1, -0.05) is 6.08 Å². The molecule has 2 rings (SSSR count). The van der Waals surface area contributed by atoms with Crippen molar-refractivity contribution >= 4 is 11.8 Å². The van der Waals surface area contributed by atoms with E-state index in [0.29, 0.717) is 0 Å². The smallest absolute Gasteiger partial charge is 0.148 e. The molecule has 0 atom stereocenters. The highest BCUT2D eigenvalue weighted by Crippen LogP contribution is 2.43. The predicted octanol–water partition coefficient (Wildman–Crippen LogP) is 3.25. The van der Waals surface area contributed by atoms with Crippen molar-refractivity contribution < 1.29 is 9.47 Å². The summed E-state index contributed by atoms with van der Waals surface area (Å²) in [4.78, 5) is 2.06. The molecule has 0 unspecified atom stereocenters. The number of hydrogen-bond acceptors (Lipinski definition) is 3. The Labute approximate surface area is 109 Å². The molecular formula is C15H21NO2. The summed E-state index contributed by atoms with van der Waals surface area (Å²) in [5.74, 6) is 1.80. The summed E-state index contributed by atoms with van der Waals surface area (Å²) in [7, 11) is 5.73. The Morgan fingerprint density at radius 3 is 2.50 bits per heavy atom. The Morgan fingerprint density at radius 2 is 1.94 bits per heavy atom. The van der Waals surface area contributed by atoms with Gasteiger partial charge in [0, 0.05) is 25.2 Å². The number of hydrogen-bond donors (Lipinski definition) is 0. The molecule has 3 nitrogen and oxygen atoms in total. The maximum atomic E-state index is 6.04. The lowest BCUT2D eigenvalue weighted by atomic mass is 9.98. The zero-order valence-corrected chi connectivity index (χ0v) is 12.0. The van der Waals surface area contributed by atoms with Crippen LogP contribution in [0.25, 0.3) is 6.08 Å². The summed E-state index contributed by atoms with van der Waals surface area (Å²) in [5.41, 5.74) is 2.97. The highest BCUT2D eigenvalue weighted by Gasteiger charge is 2.26. The minimum absolute atomic E-state index is 0.262. The van der Waals surface area contributed by atoms with Crippen molar-refractivity contribution in [1.82, 2.24) is 0 Å². The Balaban J connectivity index is 2.64. The van der Waals surface area contributed by atoms with Gasteiger partial charge in [-0.2, -0.15) is 0 Å². The molecule has 0 bridgehead atoms. The van der Waals surface area contributed by atoms with E-state index in [1.165, 1.54) is 0 Å². The van der Waals surface area contributed by atoms with Crippen molar-refractivity contribution in [3.8, 4) is 11.5 Å². The number of fused-ring (bicyclic) bond motifs is 1. The summed E-state index contributed by atoms with van der Waals surface area (Å²) in [6.07, 6.45) is 4.21. The highest BCUT2D eigenvalue weighted by atomic mass is 16.5. The molecule has 0 fully saturated rings. The maximum Gasteiger partial charge on any atom is 0.148 e. The monoisotopic (exact) mass is 247 g/mol. The molecular weight excluding hydrogens is 226 g/mol. The second-order valence-corrected chi connectivity index (χ2v) is 5.41. The molecule has 3 heteroatoms. The van der Waals surface area contributed by atoms with Gasteiger partial charge in [-0.3, -0.25) is 0 Å². The first-order valence-electron chi connectivity index (χ1n) is 6.13. The van der Waals surface area contributed by atoms with Gasteiger partial charge in [0.2, 0.25) is 0 Å². The Hall–Kier alpha value is -1.64. The van der Waals surface area contributed by atoms with Crippen molar-refractivity contribution in [2.45, 2.75) is 26.4 Å². The van der Waals surface area contributed by atoms with Gasteiger partial charge < -0.3 is 14.4 Å². The van der Waals surface area contributed by atoms with Crippen LogP contribution >= 0.6 is 0 Å². The van der Waals surface area contributed by atoms with Crippen molar-refractivity contribution in [1.29, 1.82) is 0 Å². The molecule has 1 aliphatic rings. The summed E-state index contributed by atoms with van der Waals surface area (Å²) in [5, 5.41) is 0. The zero-order chi connectivity index (χ0) is 13.5. The van der Waals surface area contributed by atoms with Crippen LogP contribution in [0.5, 0.6) is 11.5 Å². The normalized spacial score (nSPS) is 15.9. The van der Waals surface area contributed by atoms with E-state index in [4.69, 9.17) is 9.47 Å². The number of anilines is 1. The molecule has 0 spiro atoms. The lowest BCUT2D eigenvalue weighted by Gasteiger charge is -2.31. The van der Waals surface area contributed by atoms with Crippen LogP contribution in [0.1, 0.15) is 25.0 Å². The third kappa shape index (κ3) is 2.05. The molecule has 0 N–H and O–H groups in total. The van der Waals surface area contributed by atoms with Crippen molar-refractivity contribution in [2.24, 2.45) is 0 Å². The molecule has 0 saturated carbocycles. The molecule has 98 valence electrons. The predicted molar refractivity (Wildman–Crippen MR) is 75.8 cm³/mol. The van der Waals surface area contributed by atoms with E-state index in [1.807, 2.05) is 21.0 Å². The third-order valence-corrected chi connectivity index (χ3v) is 3.18. The van der Waals surface area contributed by atoms with E-state index in [0.717, 1.165) is 28.3 Å². The van der Waals surface area contributed by atoms with Crippen molar-refractivity contribution in [3.05, 3.63) is 23.3 Å². The minimum atomic E-state index is -0.262. The average molecular weight is 247 g/mol. The van der Waals surface area contributed by atoms with Crippen LogP contribution in [-0.4, -0.2) is 26.8 Å². The molecule has 0 saturated heterocycles. The molecule has 1 aromatic rings. The number of rotatable bonds is 2.